The maximum absolute atomic E-state index is 14.7. The number of hydrogen-bond donors (Lipinski definition) is 0. The molecule has 3 rings (SSSR count). The molecule has 0 unspecified atom stereocenters. The van der Waals surface area contributed by atoms with Crippen LogP contribution < -0.4 is 14.2 Å². The Hall–Kier alpha value is -4.07. The molecule has 7 nitrogen and oxygen atoms in total. The van der Waals surface area contributed by atoms with Crippen molar-refractivity contribution in [3.8, 4) is 28.4 Å². The quantitative estimate of drug-likeness (QED) is 0.338. The molecule has 0 N–H and O–H groups in total. The average Bonchev–Trinajstić information content (AvgIpc) is 2.86. The highest BCUT2D eigenvalue weighted by Crippen LogP contribution is 2.34. The van der Waals surface area contributed by atoms with E-state index in [0.717, 1.165) is 5.56 Å². The second-order valence-electron chi connectivity index (χ2n) is 7.27. The van der Waals surface area contributed by atoms with Crippen molar-refractivity contribution >= 4 is 11.9 Å². The van der Waals surface area contributed by atoms with E-state index >= 15 is 0 Å². The van der Waals surface area contributed by atoms with Gasteiger partial charge in [-0.3, -0.25) is 0 Å². The Bertz CT molecular complexity index is 1130. The maximum atomic E-state index is 14.7. The van der Waals surface area contributed by atoms with E-state index in [0.29, 0.717) is 11.1 Å². The third kappa shape index (κ3) is 7.74. The van der Waals surface area contributed by atoms with Crippen LogP contribution in [0.2, 0.25) is 0 Å². The molecule has 0 spiro atoms. The number of esters is 2. The van der Waals surface area contributed by atoms with E-state index in [9.17, 15) is 14.0 Å². The summed E-state index contributed by atoms with van der Waals surface area (Å²) in [7, 11) is 0. The van der Waals surface area contributed by atoms with Gasteiger partial charge >= 0.3 is 11.9 Å². The molecule has 0 bridgehead atoms. The van der Waals surface area contributed by atoms with Crippen LogP contribution in [0.4, 0.5) is 4.39 Å². The van der Waals surface area contributed by atoms with Gasteiger partial charge in [0.25, 0.3) is 0 Å². The summed E-state index contributed by atoms with van der Waals surface area (Å²) in [6.07, 6.45) is 0. The van der Waals surface area contributed by atoms with Gasteiger partial charge in [0, 0.05) is 0 Å². The van der Waals surface area contributed by atoms with Crippen molar-refractivity contribution < 1.29 is 37.7 Å². The lowest BCUT2D eigenvalue weighted by Gasteiger charge is -2.14. The molecule has 3 aromatic rings. The predicted octanol–water partition coefficient (Wildman–Crippen LogP) is 4.96. The second-order valence-corrected chi connectivity index (χ2v) is 7.27. The van der Waals surface area contributed by atoms with Gasteiger partial charge in [-0.15, -0.1) is 0 Å². The smallest absolute Gasteiger partial charge is 0.344 e. The van der Waals surface area contributed by atoms with Gasteiger partial charge < -0.3 is 23.7 Å². The molecule has 0 saturated heterocycles. The molecule has 184 valence electrons. The zero-order valence-electron chi connectivity index (χ0n) is 19.6. The highest BCUT2D eigenvalue weighted by Gasteiger charge is 2.14. The molecule has 0 atom stereocenters. The van der Waals surface area contributed by atoms with Crippen molar-refractivity contribution in [2.24, 2.45) is 0 Å². The molecule has 0 saturated carbocycles. The van der Waals surface area contributed by atoms with E-state index < -0.39 is 17.8 Å². The SMILES string of the molecule is CCOC(=O)COc1ccc(-c2ccc(OCc3ccccc3)c(F)c2)cc1OCC(=O)OCC. The number of ether oxygens (including phenoxy) is 5. The van der Waals surface area contributed by atoms with Crippen LogP contribution in [0.3, 0.4) is 0 Å². The van der Waals surface area contributed by atoms with Crippen LogP contribution in [-0.4, -0.2) is 38.4 Å². The molecule has 0 fully saturated rings. The molecule has 0 aliphatic rings. The van der Waals surface area contributed by atoms with E-state index in [1.54, 1.807) is 44.2 Å². The standard InChI is InChI=1S/C27H27FO7/c1-3-31-26(29)17-34-24-13-11-21(15-25(24)35-18-27(30)32-4-2)20-10-12-23(22(28)14-20)33-16-19-8-6-5-7-9-19/h5-15H,3-4,16-18H2,1-2H3. The fourth-order valence-electron chi connectivity index (χ4n) is 3.13. The first-order valence-corrected chi connectivity index (χ1v) is 11.2. The Morgan fingerprint density at radius 1 is 0.686 bits per heavy atom. The zero-order chi connectivity index (χ0) is 25.0. The highest BCUT2D eigenvalue weighted by atomic mass is 19.1. The average molecular weight is 483 g/mol. The van der Waals surface area contributed by atoms with Gasteiger partial charge in [-0.1, -0.05) is 42.5 Å². The lowest BCUT2D eigenvalue weighted by molar-refractivity contribution is -0.146. The van der Waals surface area contributed by atoms with Gasteiger partial charge in [-0.25, -0.2) is 14.0 Å². The molecule has 3 aromatic carbocycles. The first-order chi connectivity index (χ1) is 17.0. The number of carbonyl (C=O) groups is 2. The predicted molar refractivity (Wildman–Crippen MR) is 127 cm³/mol. The Morgan fingerprint density at radius 2 is 1.26 bits per heavy atom. The van der Waals surface area contributed by atoms with Crippen LogP contribution in [0.5, 0.6) is 17.2 Å². The lowest BCUT2D eigenvalue weighted by Crippen LogP contribution is -2.17. The first kappa shape index (κ1) is 25.6. The fourth-order valence-corrected chi connectivity index (χ4v) is 3.13. The summed E-state index contributed by atoms with van der Waals surface area (Å²) in [5.41, 5.74) is 2.10. The number of carbonyl (C=O) groups excluding carboxylic acids is 2. The molecule has 0 aromatic heterocycles. The Balaban J connectivity index is 1.77. The zero-order valence-corrected chi connectivity index (χ0v) is 19.6. The van der Waals surface area contributed by atoms with E-state index in [2.05, 4.69) is 0 Å². The van der Waals surface area contributed by atoms with Crippen LogP contribution in [0, 0.1) is 5.82 Å². The second kappa shape index (κ2) is 13.0. The molecular weight excluding hydrogens is 455 g/mol. The van der Waals surface area contributed by atoms with E-state index in [1.807, 2.05) is 30.3 Å². The van der Waals surface area contributed by atoms with Gasteiger partial charge in [0.15, 0.2) is 36.3 Å². The minimum atomic E-state index is -0.555. The number of rotatable bonds is 12. The third-order valence-electron chi connectivity index (χ3n) is 4.75. The van der Waals surface area contributed by atoms with Gasteiger partial charge in [-0.2, -0.15) is 0 Å². The van der Waals surface area contributed by atoms with Crippen LogP contribution in [0.15, 0.2) is 66.7 Å². The minimum Gasteiger partial charge on any atom is -0.486 e. The van der Waals surface area contributed by atoms with Crippen molar-refractivity contribution in [2.75, 3.05) is 26.4 Å². The number of benzene rings is 3. The molecule has 0 amide bonds. The number of halogens is 1. The van der Waals surface area contributed by atoms with Crippen molar-refractivity contribution in [3.05, 3.63) is 78.1 Å². The van der Waals surface area contributed by atoms with Crippen LogP contribution in [0.25, 0.3) is 11.1 Å². The number of hydrogen-bond acceptors (Lipinski definition) is 7. The van der Waals surface area contributed by atoms with Gasteiger partial charge in [0.05, 0.1) is 13.2 Å². The summed E-state index contributed by atoms with van der Waals surface area (Å²) < 4.78 is 41.2. The van der Waals surface area contributed by atoms with Crippen LogP contribution >= 0.6 is 0 Å². The summed E-state index contributed by atoms with van der Waals surface area (Å²) in [6.45, 7) is 3.39. The first-order valence-electron chi connectivity index (χ1n) is 11.2. The summed E-state index contributed by atoms with van der Waals surface area (Å²) in [6, 6.07) is 19.0. The summed E-state index contributed by atoms with van der Waals surface area (Å²) in [5.74, 6) is -1.05. The Labute approximate surface area is 203 Å². The molecule has 35 heavy (non-hydrogen) atoms. The summed E-state index contributed by atoms with van der Waals surface area (Å²) in [5, 5.41) is 0. The monoisotopic (exact) mass is 482 g/mol. The van der Waals surface area contributed by atoms with Crippen molar-refractivity contribution in [1.29, 1.82) is 0 Å². The maximum Gasteiger partial charge on any atom is 0.344 e. The topological polar surface area (TPSA) is 80.3 Å². The highest BCUT2D eigenvalue weighted by molar-refractivity contribution is 5.73. The molecule has 0 aliphatic carbocycles. The molecule has 0 radical (unpaired) electrons. The largest absolute Gasteiger partial charge is 0.486 e. The molecule has 0 aliphatic heterocycles. The normalized spacial score (nSPS) is 10.4. The van der Waals surface area contributed by atoms with Gasteiger partial charge in [0.1, 0.15) is 6.61 Å². The van der Waals surface area contributed by atoms with E-state index in [-0.39, 0.29) is 50.3 Å². The molecule has 0 heterocycles. The van der Waals surface area contributed by atoms with Gasteiger partial charge in [0.2, 0.25) is 0 Å². The van der Waals surface area contributed by atoms with Crippen molar-refractivity contribution in [2.45, 2.75) is 20.5 Å². The fraction of sp³-hybridized carbons (Fsp3) is 0.259. The summed E-state index contributed by atoms with van der Waals surface area (Å²) in [4.78, 5) is 23.4. The summed E-state index contributed by atoms with van der Waals surface area (Å²) >= 11 is 0. The van der Waals surface area contributed by atoms with E-state index in [4.69, 9.17) is 23.7 Å². The lowest BCUT2D eigenvalue weighted by atomic mass is 10.0. The van der Waals surface area contributed by atoms with Crippen LogP contribution in [-0.2, 0) is 25.7 Å². The molecule has 8 heteroatoms. The van der Waals surface area contributed by atoms with Gasteiger partial charge in [-0.05, 0) is 54.8 Å². The van der Waals surface area contributed by atoms with Crippen LogP contribution in [0.1, 0.15) is 19.4 Å². The Morgan fingerprint density at radius 3 is 1.86 bits per heavy atom. The van der Waals surface area contributed by atoms with Crippen molar-refractivity contribution in [1.82, 2.24) is 0 Å². The Kier molecular flexibility index (Phi) is 9.48. The third-order valence-corrected chi connectivity index (χ3v) is 4.75. The molecular formula is C27H27FO7. The van der Waals surface area contributed by atoms with Crippen molar-refractivity contribution in [3.63, 3.8) is 0 Å². The van der Waals surface area contributed by atoms with E-state index in [1.165, 1.54) is 6.07 Å². The minimum absolute atomic E-state index is 0.130.